The fourth-order valence-electron chi connectivity index (χ4n) is 6.01. The smallest absolute Gasteiger partial charge is 0.179 e. The summed E-state index contributed by atoms with van der Waals surface area (Å²) in [5.41, 5.74) is 6.38. The molecule has 8 heteroatoms. The van der Waals surface area contributed by atoms with Crippen molar-refractivity contribution < 1.29 is 9.47 Å². The van der Waals surface area contributed by atoms with E-state index in [2.05, 4.69) is 75.9 Å². The number of fused-ring (bicyclic) bond motifs is 4. The van der Waals surface area contributed by atoms with Crippen LogP contribution in [-0.4, -0.2) is 42.4 Å². The molecule has 0 unspecified atom stereocenters. The molecular weight excluding hydrogens is 524 g/mol. The third kappa shape index (κ3) is 6.80. The van der Waals surface area contributed by atoms with Gasteiger partial charge >= 0.3 is 0 Å². The van der Waals surface area contributed by atoms with Gasteiger partial charge in [-0.1, -0.05) is 72.1 Å². The molecular formula is C34H48N6O2. The second kappa shape index (κ2) is 13.3. The lowest BCUT2D eigenvalue weighted by Crippen LogP contribution is -2.06. The molecule has 0 atom stereocenters. The maximum absolute atomic E-state index is 6.29. The summed E-state index contributed by atoms with van der Waals surface area (Å²) in [7, 11) is 3.79. The van der Waals surface area contributed by atoms with Crippen molar-refractivity contribution in [2.75, 3.05) is 13.7 Å². The second-order valence-electron chi connectivity index (χ2n) is 12.9. The SMILES string of the molecule is COc1ccc2c(c1)c(-c1cc3c(ncc4nnc(C)n43)n1COCCCCCCCCCCCC(C)(C)C)cn2C. The van der Waals surface area contributed by atoms with Crippen LogP contribution in [0.25, 0.3) is 39.0 Å². The Bertz CT molecular complexity index is 1620. The molecule has 0 saturated carbocycles. The van der Waals surface area contributed by atoms with Crippen LogP contribution in [0.4, 0.5) is 0 Å². The van der Waals surface area contributed by atoms with E-state index in [0.29, 0.717) is 12.1 Å². The van der Waals surface area contributed by atoms with Gasteiger partial charge in [-0.2, -0.15) is 0 Å². The summed E-state index contributed by atoms with van der Waals surface area (Å²) in [6.07, 6.45) is 17.1. The fourth-order valence-corrected chi connectivity index (χ4v) is 6.01. The topological polar surface area (TPSA) is 71.4 Å². The number of aromatic nitrogens is 6. The summed E-state index contributed by atoms with van der Waals surface area (Å²) in [4.78, 5) is 4.80. The molecule has 42 heavy (non-hydrogen) atoms. The predicted octanol–water partition coefficient (Wildman–Crippen LogP) is 8.48. The molecule has 0 N–H and O–H groups in total. The lowest BCUT2D eigenvalue weighted by Gasteiger charge is -2.17. The van der Waals surface area contributed by atoms with Crippen LogP contribution in [0.5, 0.6) is 5.75 Å². The molecule has 0 saturated heterocycles. The third-order valence-electron chi connectivity index (χ3n) is 8.35. The van der Waals surface area contributed by atoms with Crippen molar-refractivity contribution in [3.8, 4) is 17.0 Å². The van der Waals surface area contributed by atoms with Gasteiger partial charge in [0.05, 0.1) is 24.5 Å². The van der Waals surface area contributed by atoms with Crippen molar-refractivity contribution in [1.29, 1.82) is 0 Å². The highest BCUT2D eigenvalue weighted by Gasteiger charge is 2.20. The summed E-state index contributed by atoms with van der Waals surface area (Å²) < 4.78 is 18.3. The Morgan fingerprint density at radius 1 is 0.857 bits per heavy atom. The number of unbranched alkanes of at least 4 members (excludes halogenated alkanes) is 8. The molecule has 5 rings (SSSR count). The lowest BCUT2D eigenvalue weighted by atomic mass is 9.89. The van der Waals surface area contributed by atoms with E-state index < -0.39 is 0 Å². The van der Waals surface area contributed by atoms with Crippen LogP contribution in [0.2, 0.25) is 0 Å². The van der Waals surface area contributed by atoms with Crippen molar-refractivity contribution in [3.63, 3.8) is 0 Å². The molecule has 226 valence electrons. The predicted molar refractivity (Wildman–Crippen MR) is 171 cm³/mol. The number of ether oxygens (including phenoxy) is 2. The van der Waals surface area contributed by atoms with Crippen LogP contribution < -0.4 is 4.74 Å². The summed E-state index contributed by atoms with van der Waals surface area (Å²) in [6.45, 7) is 10.2. The molecule has 0 fully saturated rings. The van der Waals surface area contributed by atoms with E-state index in [4.69, 9.17) is 14.5 Å². The van der Waals surface area contributed by atoms with Gasteiger partial charge in [0.2, 0.25) is 0 Å². The largest absolute Gasteiger partial charge is 0.497 e. The molecule has 0 amide bonds. The van der Waals surface area contributed by atoms with E-state index in [1.165, 1.54) is 57.8 Å². The number of methoxy groups -OCH3 is 1. The van der Waals surface area contributed by atoms with Crippen molar-refractivity contribution in [2.24, 2.45) is 12.5 Å². The monoisotopic (exact) mass is 572 g/mol. The van der Waals surface area contributed by atoms with Gasteiger partial charge in [0.1, 0.15) is 18.3 Å². The van der Waals surface area contributed by atoms with E-state index >= 15 is 0 Å². The van der Waals surface area contributed by atoms with Gasteiger partial charge in [0.25, 0.3) is 0 Å². The van der Waals surface area contributed by atoms with Gasteiger partial charge in [-0.05, 0) is 49.4 Å². The van der Waals surface area contributed by atoms with Crippen LogP contribution >= 0.6 is 0 Å². The number of rotatable bonds is 15. The Hall–Kier alpha value is -3.39. The van der Waals surface area contributed by atoms with E-state index in [1.807, 2.05) is 13.0 Å². The minimum atomic E-state index is 0.438. The Labute approximate surface area is 250 Å². The Kier molecular flexibility index (Phi) is 9.51. The molecule has 0 bridgehead atoms. The average Bonchev–Trinajstić information content (AvgIpc) is 3.63. The third-order valence-corrected chi connectivity index (χ3v) is 8.35. The van der Waals surface area contributed by atoms with Gasteiger partial charge < -0.3 is 14.0 Å². The highest BCUT2D eigenvalue weighted by Crippen LogP contribution is 2.36. The first-order valence-corrected chi connectivity index (χ1v) is 15.7. The molecule has 5 aromatic rings. The zero-order chi connectivity index (χ0) is 29.7. The first-order chi connectivity index (χ1) is 20.3. The highest BCUT2D eigenvalue weighted by atomic mass is 16.5. The van der Waals surface area contributed by atoms with Crippen LogP contribution in [0, 0.1) is 12.3 Å². The molecule has 8 nitrogen and oxygen atoms in total. The van der Waals surface area contributed by atoms with Gasteiger partial charge in [-0.15, -0.1) is 10.2 Å². The Morgan fingerprint density at radius 3 is 2.29 bits per heavy atom. The van der Waals surface area contributed by atoms with Gasteiger partial charge in [0.15, 0.2) is 11.3 Å². The van der Waals surface area contributed by atoms with Crippen LogP contribution in [-0.2, 0) is 18.5 Å². The Morgan fingerprint density at radius 2 is 1.57 bits per heavy atom. The van der Waals surface area contributed by atoms with Gasteiger partial charge in [-0.25, -0.2) is 4.98 Å². The van der Waals surface area contributed by atoms with Crippen LogP contribution in [0.15, 0.2) is 36.7 Å². The zero-order valence-corrected chi connectivity index (χ0v) is 26.4. The molecule has 0 aliphatic carbocycles. The molecule has 0 aliphatic rings. The van der Waals surface area contributed by atoms with Gasteiger partial charge in [0, 0.05) is 36.3 Å². The highest BCUT2D eigenvalue weighted by molar-refractivity contribution is 5.98. The number of benzene rings is 1. The van der Waals surface area contributed by atoms with Crippen LogP contribution in [0.1, 0.15) is 90.8 Å². The van der Waals surface area contributed by atoms with E-state index in [1.54, 1.807) is 13.3 Å². The maximum atomic E-state index is 6.29. The van der Waals surface area contributed by atoms with Gasteiger partial charge in [-0.3, -0.25) is 8.97 Å². The number of aryl methyl sites for hydroxylation is 2. The first kappa shape index (κ1) is 30.1. The lowest BCUT2D eigenvalue weighted by molar-refractivity contribution is 0.0773. The summed E-state index contributed by atoms with van der Waals surface area (Å²) in [5.74, 6) is 1.68. The summed E-state index contributed by atoms with van der Waals surface area (Å²) >= 11 is 0. The quantitative estimate of drug-likeness (QED) is 0.118. The zero-order valence-electron chi connectivity index (χ0n) is 26.4. The maximum Gasteiger partial charge on any atom is 0.179 e. The summed E-state index contributed by atoms with van der Waals surface area (Å²) in [5, 5.41) is 9.71. The fraction of sp³-hybridized carbons (Fsp3) is 0.559. The molecule has 0 radical (unpaired) electrons. The average molecular weight is 573 g/mol. The van der Waals surface area contributed by atoms with Crippen molar-refractivity contribution in [1.82, 2.24) is 28.7 Å². The number of hydrogen-bond donors (Lipinski definition) is 0. The minimum absolute atomic E-state index is 0.438. The number of hydrogen-bond acceptors (Lipinski definition) is 5. The van der Waals surface area contributed by atoms with Crippen molar-refractivity contribution >= 4 is 27.7 Å². The molecule has 0 spiro atoms. The van der Waals surface area contributed by atoms with Crippen molar-refractivity contribution in [3.05, 3.63) is 42.5 Å². The molecule has 0 aliphatic heterocycles. The Balaban J connectivity index is 1.22. The van der Waals surface area contributed by atoms with Crippen LogP contribution in [0.3, 0.4) is 0 Å². The molecule has 4 aromatic heterocycles. The van der Waals surface area contributed by atoms with Crippen molar-refractivity contribution in [2.45, 2.75) is 98.6 Å². The van der Waals surface area contributed by atoms with E-state index in [-0.39, 0.29) is 0 Å². The minimum Gasteiger partial charge on any atom is -0.497 e. The van der Waals surface area contributed by atoms with E-state index in [0.717, 1.165) is 63.6 Å². The molecule has 4 heterocycles. The first-order valence-electron chi connectivity index (χ1n) is 15.7. The normalized spacial score (nSPS) is 12.3. The number of nitrogens with zero attached hydrogens (tertiary/aromatic N) is 6. The second-order valence-corrected chi connectivity index (χ2v) is 12.9. The van der Waals surface area contributed by atoms with E-state index in [9.17, 15) is 0 Å². The molecule has 1 aromatic carbocycles. The standard InChI is InChI=1S/C34H48N6O2/c1-25-36-37-32-22-35-33-31(40(25)32)21-30(28-23-38(5)29-17-16-26(41-6)20-27(28)29)39(33)24-42-19-15-13-11-9-7-8-10-12-14-18-34(2,3)4/h16-17,20-23H,7-15,18-19,24H2,1-6H3. The summed E-state index contributed by atoms with van der Waals surface area (Å²) in [6, 6.07) is 8.40.